The van der Waals surface area contributed by atoms with Gasteiger partial charge in [-0.1, -0.05) is 30.3 Å². The molecule has 0 saturated carbocycles. The normalized spacial score (nSPS) is 14.5. The molecule has 0 unspecified atom stereocenters. The summed E-state index contributed by atoms with van der Waals surface area (Å²) in [4.78, 5) is 22.4. The van der Waals surface area contributed by atoms with Crippen LogP contribution in [0, 0.1) is 0 Å². The number of hydrogen-bond acceptors (Lipinski definition) is 6. The van der Waals surface area contributed by atoms with Crippen LogP contribution in [0.2, 0.25) is 0 Å². The standard InChI is InChI=1S/C21H22N4O2/c1-14(26)12-15-2-4-16(5-3-15)17-6-7-19-18(13-17)20(24-21(22)23-19)25-8-10-27-11-9-25/h2-7,13H,8-12H2,1H3,(H2,22,23,24). The molecule has 2 aromatic carbocycles. The van der Waals surface area contributed by atoms with Crippen molar-refractivity contribution in [1.82, 2.24) is 9.97 Å². The number of carbonyl (C=O) groups is 1. The number of morpholine rings is 1. The van der Waals surface area contributed by atoms with E-state index in [1.165, 1.54) is 0 Å². The van der Waals surface area contributed by atoms with E-state index in [9.17, 15) is 4.79 Å². The van der Waals surface area contributed by atoms with Gasteiger partial charge in [-0.3, -0.25) is 4.79 Å². The third kappa shape index (κ3) is 3.75. The average Bonchev–Trinajstić information content (AvgIpc) is 2.68. The Bertz CT molecular complexity index is 979. The van der Waals surface area contributed by atoms with Crippen LogP contribution in [-0.2, 0) is 16.0 Å². The van der Waals surface area contributed by atoms with E-state index in [-0.39, 0.29) is 11.7 Å². The summed E-state index contributed by atoms with van der Waals surface area (Å²) in [6.45, 7) is 4.55. The van der Waals surface area contributed by atoms with Crippen molar-refractivity contribution >= 4 is 28.5 Å². The van der Waals surface area contributed by atoms with Gasteiger partial charge in [0, 0.05) is 24.9 Å². The van der Waals surface area contributed by atoms with Crippen LogP contribution in [-0.4, -0.2) is 42.1 Å². The van der Waals surface area contributed by atoms with Crippen LogP contribution in [0.15, 0.2) is 42.5 Å². The van der Waals surface area contributed by atoms with Gasteiger partial charge in [-0.2, -0.15) is 4.98 Å². The van der Waals surface area contributed by atoms with Gasteiger partial charge in [0.15, 0.2) is 0 Å². The quantitative estimate of drug-likeness (QED) is 0.769. The van der Waals surface area contributed by atoms with Gasteiger partial charge in [0.2, 0.25) is 5.95 Å². The maximum Gasteiger partial charge on any atom is 0.222 e. The first kappa shape index (κ1) is 17.4. The second kappa shape index (κ2) is 7.32. The lowest BCUT2D eigenvalue weighted by atomic mass is 10.0. The number of rotatable bonds is 4. The maximum atomic E-state index is 11.3. The zero-order chi connectivity index (χ0) is 18.8. The van der Waals surface area contributed by atoms with Crippen molar-refractivity contribution in [3.63, 3.8) is 0 Å². The molecule has 0 amide bonds. The number of ether oxygens (including phenoxy) is 1. The van der Waals surface area contributed by atoms with Gasteiger partial charge in [-0.25, -0.2) is 4.98 Å². The Morgan fingerprint density at radius 1 is 1.07 bits per heavy atom. The minimum absolute atomic E-state index is 0.165. The molecule has 0 aliphatic carbocycles. The van der Waals surface area contributed by atoms with E-state index < -0.39 is 0 Å². The lowest BCUT2D eigenvalue weighted by Crippen LogP contribution is -2.37. The Kier molecular flexibility index (Phi) is 4.73. The van der Waals surface area contributed by atoms with Crippen molar-refractivity contribution in [2.75, 3.05) is 36.9 Å². The number of benzene rings is 2. The molecule has 2 N–H and O–H groups in total. The predicted molar refractivity (Wildman–Crippen MR) is 107 cm³/mol. The summed E-state index contributed by atoms with van der Waals surface area (Å²) in [5.74, 6) is 1.31. The molecule has 4 rings (SSSR count). The van der Waals surface area contributed by atoms with E-state index in [1.54, 1.807) is 6.92 Å². The zero-order valence-corrected chi connectivity index (χ0v) is 15.3. The summed E-state index contributed by atoms with van der Waals surface area (Å²) in [5, 5.41) is 0.983. The molecular weight excluding hydrogens is 340 g/mol. The second-order valence-electron chi connectivity index (χ2n) is 6.81. The van der Waals surface area contributed by atoms with E-state index in [4.69, 9.17) is 10.5 Å². The van der Waals surface area contributed by atoms with Gasteiger partial charge in [0.1, 0.15) is 11.6 Å². The molecule has 27 heavy (non-hydrogen) atoms. The Balaban J connectivity index is 1.74. The summed E-state index contributed by atoms with van der Waals surface area (Å²) in [6, 6.07) is 14.2. The van der Waals surface area contributed by atoms with Crippen molar-refractivity contribution in [3.05, 3.63) is 48.0 Å². The number of nitrogens with zero attached hydrogens (tertiary/aromatic N) is 3. The third-order valence-electron chi connectivity index (χ3n) is 4.74. The summed E-state index contributed by atoms with van der Waals surface area (Å²) in [6.07, 6.45) is 0.465. The predicted octanol–water partition coefficient (Wildman–Crippen LogP) is 2.85. The molecule has 1 aliphatic rings. The van der Waals surface area contributed by atoms with Gasteiger partial charge < -0.3 is 15.4 Å². The summed E-state index contributed by atoms with van der Waals surface area (Å²) in [7, 11) is 0. The van der Waals surface area contributed by atoms with Crippen LogP contribution in [0.4, 0.5) is 11.8 Å². The van der Waals surface area contributed by atoms with Crippen LogP contribution in [0.25, 0.3) is 22.0 Å². The number of aromatic nitrogens is 2. The molecule has 1 aromatic heterocycles. The molecule has 2 heterocycles. The Morgan fingerprint density at radius 2 is 1.78 bits per heavy atom. The molecule has 0 spiro atoms. The maximum absolute atomic E-state index is 11.3. The monoisotopic (exact) mass is 362 g/mol. The highest BCUT2D eigenvalue weighted by Gasteiger charge is 2.17. The first-order valence-corrected chi connectivity index (χ1v) is 9.09. The Labute approximate surface area is 158 Å². The topological polar surface area (TPSA) is 81.3 Å². The molecule has 1 aliphatic heterocycles. The Morgan fingerprint density at radius 3 is 2.48 bits per heavy atom. The highest BCUT2D eigenvalue weighted by molar-refractivity contribution is 5.94. The van der Waals surface area contributed by atoms with Crippen molar-refractivity contribution in [2.45, 2.75) is 13.3 Å². The molecule has 6 nitrogen and oxygen atoms in total. The van der Waals surface area contributed by atoms with Crippen molar-refractivity contribution in [2.24, 2.45) is 0 Å². The number of nitrogen functional groups attached to an aromatic ring is 1. The number of ketones is 1. The molecule has 6 heteroatoms. The SMILES string of the molecule is CC(=O)Cc1ccc(-c2ccc3nc(N)nc(N4CCOCC4)c3c2)cc1. The number of anilines is 2. The van der Waals surface area contributed by atoms with Crippen LogP contribution in [0.1, 0.15) is 12.5 Å². The largest absolute Gasteiger partial charge is 0.378 e. The number of Topliss-reactive ketones (excluding diaryl/α,β-unsaturated/α-hetero) is 1. The molecule has 3 aromatic rings. The van der Waals surface area contributed by atoms with E-state index >= 15 is 0 Å². The summed E-state index contributed by atoms with van der Waals surface area (Å²) in [5.41, 5.74) is 9.96. The molecule has 0 radical (unpaired) electrons. The van der Waals surface area contributed by atoms with Crippen LogP contribution in [0.5, 0.6) is 0 Å². The van der Waals surface area contributed by atoms with Crippen molar-refractivity contribution in [3.8, 4) is 11.1 Å². The highest BCUT2D eigenvalue weighted by atomic mass is 16.5. The number of nitrogens with two attached hydrogens (primary N) is 1. The molecular formula is C21H22N4O2. The Hall–Kier alpha value is -2.99. The van der Waals surface area contributed by atoms with E-state index in [2.05, 4.69) is 20.9 Å². The van der Waals surface area contributed by atoms with E-state index in [0.29, 0.717) is 19.6 Å². The van der Waals surface area contributed by atoms with E-state index in [1.807, 2.05) is 36.4 Å². The fourth-order valence-electron chi connectivity index (χ4n) is 3.43. The highest BCUT2D eigenvalue weighted by Crippen LogP contribution is 2.30. The minimum atomic E-state index is 0.165. The summed E-state index contributed by atoms with van der Waals surface area (Å²) >= 11 is 0. The lowest BCUT2D eigenvalue weighted by molar-refractivity contribution is -0.116. The van der Waals surface area contributed by atoms with Crippen LogP contribution >= 0.6 is 0 Å². The van der Waals surface area contributed by atoms with Crippen molar-refractivity contribution < 1.29 is 9.53 Å². The smallest absolute Gasteiger partial charge is 0.222 e. The second-order valence-corrected chi connectivity index (χ2v) is 6.81. The van der Waals surface area contributed by atoms with Gasteiger partial charge in [-0.15, -0.1) is 0 Å². The molecule has 1 fully saturated rings. The van der Waals surface area contributed by atoms with Gasteiger partial charge in [0.25, 0.3) is 0 Å². The third-order valence-corrected chi connectivity index (χ3v) is 4.74. The number of carbonyl (C=O) groups excluding carboxylic acids is 1. The lowest BCUT2D eigenvalue weighted by Gasteiger charge is -2.28. The van der Waals surface area contributed by atoms with Crippen molar-refractivity contribution in [1.29, 1.82) is 0 Å². The van der Waals surface area contributed by atoms with Gasteiger partial charge in [0.05, 0.1) is 18.7 Å². The summed E-state index contributed by atoms with van der Waals surface area (Å²) < 4.78 is 5.45. The van der Waals surface area contributed by atoms with Gasteiger partial charge >= 0.3 is 0 Å². The van der Waals surface area contributed by atoms with Crippen LogP contribution in [0.3, 0.4) is 0 Å². The minimum Gasteiger partial charge on any atom is -0.378 e. The van der Waals surface area contributed by atoms with Gasteiger partial charge in [-0.05, 0) is 35.7 Å². The zero-order valence-electron chi connectivity index (χ0n) is 15.3. The van der Waals surface area contributed by atoms with Crippen LogP contribution < -0.4 is 10.6 Å². The number of hydrogen-bond donors (Lipinski definition) is 1. The fraction of sp³-hybridized carbons (Fsp3) is 0.286. The number of fused-ring (bicyclic) bond motifs is 1. The molecule has 1 saturated heterocycles. The fourth-order valence-corrected chi connectivity index (χ4v) is 3.43. The first-order chi connectivity index (χ1) is 13.1. The molecule has 0 atom stereocenters. The first-order valence-electron chi connectivity index (χ1n) is 9.09. The average molecular weight is 362 g/mol. The van der Waals surface area contributed by atoms with E-state index in [0.717, 1.165) is 46.5 Å². The molecule has 0 bridgehead atoms. The molecule has 138 valence electrons.